The third-order valence-corrected chi connectivity index (χ3v) is 6.99. The van der Waals surface area contributed by atoms with E-state index >= 15 is 0 Å². The molecule has 2 aromatic carbocycles. The molecule has 1 aliphatic carbocycles. The normalized spacial score (nSPS) is 15.0. The number of nitrogens with one attached hydrogen (secondary N) is 2. The molecule has 1 fully saturated rings. The molecule has 0 aliphatic heterocycles. The second-order valence-electron chi connectivity index (χ2n) is 9.47. The van der Waals surface area contributed by atoms with Crippen molar-refractivity contribution in [3.8, 4) is 6.07 Å². The number of halogens is 2. The third kappa shape index (κ3) is 5.13. The summed E-state index contributed by atoms with van der Waals surface area (Å²) in [6, 6.07) is 10.1. The number of aromatic nitrogens is 6. The maximum Gasteiger partial charge on any atom is 0.123 e. The molecule has 1 saturated carbocycles. The van der Waals surface area contributed by atoms with Gasteiger partial charge in [-0.15, -0.1) is 5.10 Å². The predicted molar refractivity (Wildman–Crippen MR) is 147 cm³/mol. The molecule has 2 N–H and O–H groups in total. The molecule has 0 unspecified atom stereocenters. The number of anilines is 2. The number of hydrogen-bond acceptors (Lipinski definition) is 7. The van der Waals surface area contributed by atoms with Crippen LogP contribution in [0.15, 0.2) is 61.2 Å². The molecule has 1 atom stereocenters. The fourth-order valence-electron chi connectivity index (χ4n) is 4.50. The second-order valence-corrected chi connectivity index (χ2v) is 9.87. The average Bonchev–Trinajstić information content (AvgIpc) is 3.52. The summed E-state index contributed by atoms with van der Waals surface area (Å²) >= 11 is 6.69. The van der Waals surface area contributed by atoms with Crippen LogP contribution >= 0.6 is 11.6 Å². The summed E-state index contributed by atoms with van der Waals surface area (Å²) in [5.41, 5.74) is 2.81. The van der Waals surface area contributed by atoms with Crippen LogP contribution in [0.3, 0.4) is 0 Å². The van der Waals surface area contributed by atoms with Crippen LogP contribution < -0.4 is 10.6 Å². The molecule has 9 nitrogen and oxygen atoms in total. The second kappa shape index (κ2) is 10.3. The van der Waals surface area contributed by atoms with Crippen LogP contribution in [0.1, 0.15) is 48.9 Å². The van der Waals surface area contributed by atoms with Crippen molar-refractivity contribution in [1.29, 1.82) is 5.26 Å². The summed E-state index contributed by atoms with van der Waals surface area (Å²) in [5.74, 6) is 0.500. The Bertz CT molecular complexity index is 1740. The molecule has 1 aliphatic rings. The van der Waals surface area contributed by atoms with Gasteiger partial charge in [0.15, 0.2) is 0 Å². The Hall–Kier alpha value is -4.49. The molecular weight excluding hydrogens is 517 g/mol. The molecular formula is C28H25ClFN9. The predicted octanol–water partition coefficient (Wildman–Crippen LogP) is 5.41. The van der Waals surface area contributed by atoms with Crippen molar-refractivity contribution in [2.75, 3.05) is 17.2 Å². The maximum atomic E-state index is 13.8. The van der Waals surface area contributed by atoms with Crippen molar-refractivity contribution >= 4 is 33.9 Å². The lowest BCUT2D eigenvalue weighted by molar-refractivity contribution is 0.610. The van der Waals surface area contributed by atoms with E-state index in [1.807, 2.05) is 17.8 Å². The van der Waals surface area contributed by atoms with E-state index < -0.39 is 11.8 Å². The molecule has 0 radical (unpaired) electrons. The number of nitriles is 1. The van der Waals surface area contributed by atoms with E-state index in [9.17, 15) is 11.0 Å². The highest BCUT2D eigenvalue weighted by Crippen LogP contribution is 2.37. The number of nitrogens with zero attached hydrogens (tertiary/aromatic N) is 7. The first-order valence-corrected chi connectivity index (χ1v) is 12.9. The summed E-state index contributed by atoms with van der Waals surface area (Å²) in [4.78, 5) is 8.78. The van der Waals surface area contributed by atoms with Gasteiger partial charge in [-0.1, -0.05) is 28.9 Å². The molecule has 3 aromatic heterocycles. The number of pyridine rings is 1. The van der Waals surface area contributed by atoms with E-state index in [0.29, 0.717) is 57.1 Å². The van der Waals surface area contributed by atoms with E-state index in [0.717, 1.165) is 18.7 Å². The zero-order valence-corrected chi connectivity index (χ0v) is 21.8. The van der Waals surface area contributed by atoms with Gasteiger partial charge in [-0.2, -0.15) is 5.26 Å². The molecule has 0 spiro atoms. The molecule has 6 rings (SSSR count). The fourth-order valence-corrected chi connectivity index (χ4v) is 4.77. The zero-order valence-electron chi connectivity index (χ0n) is 22.1. The lowest BCUT2D eigenvalue weighted by atomic mass is 10.0. The van der Waals surface area contributed by atoms with Crippen molar-refractivity contribution in [1.82, 2.24) is 29.5 Å². The van der Waals surface area contributed by atoms with E-state index in [1.165, 1.54) is 18.3 Å². The number of hydrogen-bond donors (Lipinski definition) is 2. The van der Waals surface area contributed by atoms with Gasteiger partial charge in [-0.3, -0.25) is 4.98 Å². The van der Waals surface area contributed by atoms with Gasteiger partial charge < -0.3 is 15.2 Å². The zero-order chi connectivity index (χ0) is 27.9. The third-order valence-electron chi connectivity index (χ3n) is 6.71. The van der Waals surface area contributed by atoms with Crippen molar-refractivity contribution < 1.29 is 5.76 Å². The van der Waals surface area contributed by atoms with Crippen LogP contribution in [-0.4, -0.2) is 36.1 Å². The van der Waals surface area contributed by atoms with Crippen molar-refractivity contribution in [3.63, 3.8) is 0 Å². The Labute approximate surface area is 230 Å². The van der Waals surface area contributed by atoms with Crippen LogP contribution in [0.4, 0.5) is 15.8 Å². The van der Waals surface area contributed by atoms with Gasteiger partial charge in [0.2, 0.25) is 0 Å². The van der Waals surface area contributed by atoms with E-state index in [2.05, 4.69) is 37.0 Å². The van der Waals surface area contributed by atoms with Gasteiger partial charge in [0.05, 0.1) is 41.4 Å². The van der Waals surface area contributed by atoms with Gasteiger partial charge in [0, 0.05) is 49.7 Å². The Morgan fingerprint density at radius 3 is 2.79 bits per heavy atom. The van der Waals surface area contributed by atoms with Crippen LogP contribution in [0.2, 0.25) is 5.02 Å². The van der Waals surface area contributed by atoms with Gasteiger partial charge in [0.1, 0.15) is 23.4 Å². The van der Waals surface area contributed by atoms with Crippen molar-refractivity contribution in [2.45, 2.75) is 31.3 Å². The van der Waals surface area contributed by atoms with E-state index in [-0.39, 0.29) is 6.04 Å². The first-order chi connectivity index (χ1) is 19.4. The molecule has 39 heavy (non-hydrogen) atoms. The molecule has 11 heteroatoms. The number of imidazole rings is 1. The summed E-state index contributed by atoms with van der Waals surface area (Å²) in [5, 5.41) is 26.0. The largest absolute Gasteiger partial charge is 0.383 e. The van der Waals surface area contributed by atoms with Gasteiger partial charge in [-0.05, 0) is 42.7 Å². The topological polar surface area (TPSA) is 109 Å². The summed E-state index contributed by atoms with van der Waals surface area (Å²) in [6.07, 6.45) is 9.54. The summed E-state index contributed by atoms with van der Waals surface area (Å²) in [6.45, 7) is 0.524. The Kier molecular flexibility index (Phi) is 6.26. The molecule has 0 amide bonds. The Morgan fingerprint density at radius 1 is 1.26 bits per heavy atom. The fraction of sp³-hybridized carbons (Fsp3) is 0.250. The minimum absolute atomic E-state index is 0.281. The Balaban J connectivity index is 1.40. The quantitative estimate of drug-likeness (QED) is 0.256. The van der Waals surface area contributed by atoms with Gasteiger partial charge in [-0.25, -0.2) is 14.1 Å². The minimum atomic E-state index is -1.61. The molecule has 0 saturated heterocycles. The lowest BCUT2D eigenvalue weighted by Gasteiger charge is -2.20. The number of fused-ring (bicyclic) bond motifs is 1. The van der Waals surface area contributed by atoms with E-state index in [1.54, 1.807) is 41.3 Å². The standard InChI is InChI=1S/C28H25ClFN9/c1-38-11-10-32-25(38)8-9-33-26-18(14-31)15-34-28-22(26)12-20(13-23(28)29)35-27(17-2-4-19(30)5-3-17)24-16-39(37-36-24)21-6-7-21/h2-5,10-13,15-16,21,27,35H,6-9H2,1H3,(H,33,34)/t27-/m1/s1/i27D. The average molecular weight is 543 g/mol. The van der Waals surface area contributed by atoms with Crippen molar-refractivity contribution in [3.05, 3.63) is 94.7 Å². The van der Waals surface area contributed by atoms with Gasteiger partial charge >= 0.3 is 0 Å². The maximum absolute atomic E-state index is 13.8. The minimum Gasteiger partial charge on any atom is -0.383 e. The highest BCUT2D eigenvalue weighted by atomic mass is 35.5. The van der Waals surface area contributed by atoms with Gasteiger partial charge in [0.25, 0.3) is 0 Å². The van der Waals surface area contributed by atoms with Crippen LogP contribution in [0.5, 0.6) is 0 Å². The Morgan fingerprint density at radius 2 is 2.08 bits per heavy atom. The van der Waals surface area contributed by atoms with Crippen LogP contribution in [0.25, 0.3) is 10.9 Å². The first-order valence-electron chi connectivity index (χ1n) is 13.0. The first kappa shape index (κ1) is 23.6. The van der Waals surface area contributed by atoms with E-state index in [4.69, 9.17) is 11.6 Å². The van der Waals surface area contributed by atoms with Crippen LogP contribution in [0, 0.1) is 17.1 Å². The summed E-state index contributed by atoms with van der Waals surface area (Å²) in [7, 11) is 1.93. The lowest BCUT2D eigenvalue weighted by Crippen LogP contribution is -2.13. The number of benzene rings is 2. The monoisotopic (exact) mass is 542 g/mol. The molecule has 3 heterocycles. The molecule has 5 aromatic rings. The molecule has 196 valence electrons. The summed E-state index contributed by atoms with van der Waals surface area (Å²) < 4.78 is 27.0. The molecule has 0 bridgehead atoms. The van der Waals surface area contributed by atoms with Crippen molar-refractivity contribution in [2.24, 2.45) is 7.05 Å². The van der Waals surface area contributed by atoms with Crippen LogP contribution in [-0.2, 0) is 13.5 Å². The SMILES string of the molecule is [2H][C@@](Nc1cc(Cl)c2ncc(C#N)c(NCCc3nccn3C)c2c1)(c1ccc(F)cc1)c1cn(C2CC2)nn1. The number of aryl methyl sites for hydroxylation is 1. The highest BCUT2D eigenvalue weighted by molar-refractivity contribution is 6.35. The number of rotatable bonds is 9. The highest BCUT2D eigenvalue weighted by Gasteiger charge is 2.27. The smallest absolute Gasteiger partial charge is 0.123 e.